The number of nitrogens with two attached hydrogens (primary N) is 1. The zero-order valence-electron chi connectivity index (χ0n) is 18.1. The van der Waals surface area contributed by atoms with Crippen molar-refractivity contribution < 1.29 is 4.74 Å². The van der Waals surface area contributed by atoms with Gasteiger partial charge in [-0.05, 0) is 43.2 Å². The Labute approximate surface area is 178 Å². The van der Waals surface area contributed by atoms with Crippen LogP contribution in [0.15, 0.2) is 42.5 Å². The van der Waals surface area contributed by atoms with E-state index in [0.717, 1.165) is 65.8 Å². The van der Waals surface area contributed by atoms with Gasteiger partial charge in [0.2, 0.25) is 0 Å². The number of nitrogens with zero attached hydrogens (tertiary/aromatic N) is 4. The second kappa shape index (κ2) is 8.78. The van der Waals surface area contributed by atoms with Crippen LogP contribution in [0, 0.1) is 0 Å². The largest absolute Gasteiger partial charge is 0.495 e. The fourth-order valence-electron chi connectivity index (χ4n) is 3.96. The Morgan fingerprint density at radius 1 is 0.933 bits per heavy atom. The Balaban J connectivity index is 0.00000106. The maximum atomic E-state index is 6.07. The highest BCUT2D eigenvalue weighted by molar-refractivity contribution is 5.92. The Morgan fingerprint density at radius 3 is 2.33 bits per heavy atom. The molecule has 0 unspecified atom stereocenters. The first-order valence-corrected chi connectivity index (χ1v) is 10.9. The molecule has 1 saturated heterocycles. The van der Waals surface area contributed by atoms with Gasteiger partial charge in [0.15, 0.2) is 0 Å². The number of nitrogen functional groups attached to an aromatic ring is 1. The van der Waals surface area contributed by atoms with Crippen LogP contribution in [0.2, 0.25) is 0 Å². The van der Waals surface area contributed by atoms with Crippen LogP contribution in [0.4, 0.5) is 17.2 Å². The number of benzene rings is 2. The van der Waals surface area contributed by atoms with Gasteiger partial charge < -0.3 is 20.3 Å². The van der Waals surface area contributed by atoms with E-state index in [0.29, 0.717) is 5.92 Å². The third-order valence-corrected chi connectivity index (χ3v) is 5.66. The minimum Gasteiger partial charge on any atom is -0.495 e. The van der Waals surface area contributed by atoms with Gasteiger partial charge in [0, 0.05) is 43.2 Å². The molecule has 2 fully saturated rings. The summed E-state index contributed by atoms with van der Waals surface area (Å²) in [6, 6.07) is 14.2. The van der Waals surface area contributed by atoms with Crippen molar-refractivity contribution >= 4 is 28.1 Å². The van der Waals surface area contributed by atoms with Gasteiger partial charge in [-0.25, -0.2) is 9.97 Å². The average Bonchev–Trinajstić information content (AvgIpc) is 3.65. The first-order valence-electron chi connectivity index (χ1n) is 10.9. The van der Waals surface area contributed by atoms with E-state index >= 15 is 0 Å². The summed E-state index contributed by atoms with van der Waals surface area (Å²) in [5.74, 6) is 3.46. The Bertz CT molecular complexity index is 1010. The maximum Gasteiger partial charge on any atom is 0.142 e. The topological polar surface area (TPSA) is 67.5 Å². The smallest absolute Gasteiger partial charge is 0.142 e. The highest BCUT2D eigenvalue weighted by Gasteiger charge is 2.29. The molecule has 0 bridgehead atoms. The van der Waals surface area contributed by atoms with Crippen LogP contribution < -0.4 is 20.3 Å². The third kappa shape index (κ3) is 3.99. The summed E-state index contributed by atoms with van der Waals surface area (Å²) in [6.45, 7) is 7.66. The fraction of sp³-hybridized carbons (Fsp3) is 0.417. The molecule has 2 heterocycles. The average molecular weight is 406 g/mol. The number of anilines is 3. The molecular formula is C24H31N5O. The lowest BCUT2D eigenvalue weighted by Crippen LogP contribution is -2.47. The quantitative estimate of drug-likeness (QED) is 0.647. The molecule has 1 aromatic heterocycles. The number of methoxy groups -OCH3 is 1. The van der Waals surface area contributed by atoms with E-state index in [1.54, 1.807) is 7.11 Å². The SMILES string of the molecule is CC.COc1ccccc1N1CCN(c2nc(C3CC3)nc3ccc(N)cc23)CC1. The van der Waals surface area contributed by atoms with E-state index in [4.69, 9.17) is 20.4 Å². The van der Waals surface area contributed by atoms with Gasteiger partial charge >= 0.3 is 0 Å². The molecule has 5 rings (SSSR count). The summed E-state index contributed by atoms with van der Waals surface area (Å²) in [5, 5.41) is 1.05. The number of para-hydroxylation sites is 2. The second-order valence-corrected chi connectivity index (χ2v) is 7.60. The molecule has 1 saturated carbocycles. The molecule has 3 aromatic rings. The highest BCUT2D eigenvalue weighted by atomic mass is 16.5. The van der Waals surface area contributed by atoms with Crippen LogP contribution in [0.3, 0.4) is 0 Å². The van der Waals surface area contributed by atoms with Gasteiger partial charge in [-0.15, -0.1) is 0 Å². The summed E-state index contributed by atoms with van der Waals surface area (Å²) in [6.07, 6.45) is 2.39. The molecule has 0 amide bonds. The van der Waals surface area contributed by atoms with Crippen molar-refractivity contribution in [2.45, 2.75) is 32.6 Å². The molecular weight excluding hydrogens is 374 g/mol. The Hall–Kier alpha value is -3.02. The van der Waals surface area contributed by atoms with E-state index in [1.807, 2.05) is 44.2 Å². The number of ether oxygens (including phenoxy) is 1. The summed E-state index contributed by atoms with van der Waals surface area (Å²) in [4.78, 5) is 14.5. The first kappa shape index (κ1) is 20.3. The predicted molar refractivity (Wildman–Crippen MR) is 125 cm³/mol. The highest BCUT2D eigenvalue weighted by Crippen LogP contribution is 2.40. The van der Waals surface area contributed by atoms with E-state index in [2.05, 4.69) is 21.9 Å². The van der Waals surface area contributed by atoms with Gasteiger partial charge in [0.05, 0.1) is 18.3 Å². The van der Waals surface area contributed by atoms with E-state index in [9.17, 15) is 0 Å². The monoisotopic (exact) mass is 405 g/mol. The fourth-order valence-corrected chi connectivity index (χ4v) is 3.96. The minimum atomic E-state index is 0.524. The van der Waals surface area contributed by atoms with Crippen molar-refractivity contribution in [1.29, 1.82) is 0 Å². The first-order chi connectivity index (χ1) is 14.7. The lowest BCUT2D eigenvalue weighted by Gasteiger charge is -2.37. The molecule has 0 radical (unpaired) electrons. The third-order valence-electron chi connectivity index (χ3n) is 5.66. The number of aromatic nitrogens is 2. The van der Waals surface area contributed by atoms with Crippen LogP contribution in [0.5, 0.6) is 5.75 Å². The van der Waals surface area contributed by atoms with E-state index in [1.165, 1.54) is 12.8 Å². The van der Waals surface area contributed by atoms with Gasteiger partial charge in [0.25, 0.3) is 0 Å². The molecule has 0 spiro atoms. The summed E-state index contributed by atoms with van der Waals surface area (Å²) >= 11 is 0. The van der Waals surface area contributed by atoms with Crippen molar-refractivity contribution in [3.8, 4) is 5.75 Å². The van der Waals surface area contributed by atoms with Crippen LogP contribution in [-0.2, 0) is 0 Å². The van der Waals surface area contributed by atoms with Crippen molar-refractivity contribution in [2.24, 2.45) is 0 Å². The molecule has 6 nitrogen and oxygen atoms in total. The van der Waals surface area contributed by atoms with E-state index in [-0.39, 0.29) is 0 Å². The van der Waals surface area contributed by atoms with Crippen LogP contribution >= 0.6 is 0 Å². The number of hydrogen-bond acceptors (Lipinski definition) is 6. The number of rotatable bonds is 4. The minimum absolute atomic E-state index is 0.524. The summed E-state index contributed by atoms with van der Waals surface area (Å²) in [7, 11) is 1.73. The molecule has 0 atom stereocenters. The molecule has 158 valence electrons. The zero-order valence-corrected chi connectivity index (χ0v) is 18.1. The van der Waals surface area contributed by atoms with Crippen LogP contribution in [-0.4, -0.2) is 43.3 Å². The number of fused-ring (bicyclic) bond motifs is 1. The van der Waals surface area contributed by atoms with Crippen molar-refractivity contribution in [3.05, 3.63) is 48.3 Å². The standard InChI is InChI=1S/C22H25N5O.C2H6/c1-28-20-5-3-2-4-19(20)26-10-12-27(13-11-26)22-17-14-16(23)8-9-18(17)24-21(25-22)15-6-7-15;1-2/h2-5,8-9,14-15H,6-7,10-13,23H2,1H3;1-2H3. The van der Waals surface area contributed by atoms with Crippen LogP contribution in [0.25, 0.3) is 10.9 Å². The van der Waals surface area contributed by atoms with Gasteiger partial charge in [-0.1, -0.05) is 26.0 Å². The predicted octanol–water partition coefficient (Wildman–Crippen LogP) is 4.45. The molecule has 1 aliphatic carbocycles. The molecule has 1 aliphatic heterocycles. The number of piperazine rings is 1. The van der Waals surface area contributed by atoms with Crippen molar-refractivity contribution in [2.75, 3.05) is 48.8 Å². The molecule has 30 heavy (non-hydrogen) atoms. The lowest BCUT2D eigenvalue weighted by atomic mass is 10.1. The van der Waals surface area contributed by atoms with Gasteiger partial charge in [-0.3, -0.25) is 0 Å². The molecule has 2 aromatic carbocycles. The zero-order chi connectivity index (χ0) is 21.1. The lowest BCUT2D eigenvalue weighted by molar-refractivity contribution is 0.413. The van der Waals surface area contributed by atoms with E-state index < -0.39 is 0 Å². The molecule has 2 aliphatic rings. The Kier molecular flexibility index (Phi) is 5.93. The van der Waals surface area contributed by atoms with Gasteiger partial charge in [0.1, 0.15) is 17.4 Å². The maximum absolute atomic E-state index is 6.07. The van der Waals surface area contributed by atoms with Gasteiger partial charge in [-0.2, -0.15) is 0 Å². The van der Waals surface area contributed by atoms with Crippen LogP contribution in [0.1, 0.15) is 38.4 Å². The summed E-state index contributed by atoms with van der Waals surface area (Å²) in [5.41, 5.74) is 8.97. The normalized spacial score (nSPS) is 16.2. The van der Waals surface area contributed by atoms with Crippen molar-refractivity contribution in [3.63, 3.8) is 0 Å². The number of hydrogen-bond donors (Lipinski definition) is 1. The Morgan fingerprint density at radius 2 is 1.63 bits per heavy atom. The molecule has 2 N–H and O–H groups in total. The van der Waals surface area contributed by atoms with Crippen molar-refractivity contribution in [1.82, 2.24) is 9.97 Å². The molecule has 6 heteroatoms. The second-order valence-electron chi connectivity index (χ2n) is 7.60. The summed E-state index contributed by atoms with van der Waals surface area (Å²) < 4.78 is 5.54.